The normalized spacial score (nSPS) is 11.7. The number of rotatable bonds is 5. The number of aryl methyl sites for hydroxylation is 1. The molecule has 0 aliphatic heterocycles. The number of amides is 1. The summed E-state index contributed by atoms with van der Waals surface area (Å²) in [5.41, 5.74) is 6.43. The molecule has 0 aliphatic carbocycles. The first-order valence-corrected chi connectivity index (χ1v) is 10.1. The lowest BCUT2D eigenvalue weighted by atomic mass is 9.96. The Hall–Kier alpha value is -3.86. The molecule has 2 aromatic heterocycles. The maximum Gasteiger partial charge on any atom is 0.231 e. The number of nitrogens with one attached hydrogen (secondary N) is 1. The van der Waals surface area contributed by atoms with Crippen LogP contribution in [0.15, 0.2) is 85.2 Å². The lowest BCUT2D eigenvalue weighted by molar-refractivity contribution is -0.117. The molecule has 4 nitrogen and oxygen atoms in total. The summed E-state index contributed by atoms with van der Waals surface area (Å²) in [5.74, 6) is -0.962. The summed E-state index contributed by atoms with van der Waals surface area (Å²) in [6, 6.07) is 22.4. The second kappa shape index (κ2) is 8.88. The van der Waals surface area contributed by atoms with Crippen LogP contribution < -0.4 is 5.32 Å². The van der Waals surface area contributed by atoms with Gasteiger partial charge in [-0.2, -0.15) is 4.39 Å². The molecule has 31 heavy (non-hydrogen) atoms. The lowest BCUT2D eigenvalue weighted by Crippen LogP contribution is -2.18. The van der Waals surface area contributed by atoms with Gasteiger partial charge in [-0.25, -0.2) is 4.98 Å². The van der Waals surface area contributed by atoms with Crippen molar-refractivity contribution in [3.63, 3.8) is 0 Å². The van der Waals surface area contributed by atoms with Crippen molar-refractivity contribution in [3.05, 3.63) is 102 Å². The molecule has 0 saturated heterocycles. The van der Waals surface area contributed by atoms with Crippen molar-refractivity contribution in [2.24, 2.45) is 0 Å². The van der Waals surface area contributed by atoms with Crippen molar-refractivity contribution >= 4 is 11.6 Å². The number of benzene rings is 2. The topological polar surface area (TPSA) is 54.9 Å². The first kappa shape index (κ1) is 20.4. The lowest BCUT2D eigenvalue weighted by Gasteiger charge is -2.14. The fourth-order valence-electron chi connectivity index (χ4n) is 3.41. The Kier molecular flexibility index (Phi) is 5.85. The molecule has 4 aromatic rings. The van der Waals surface area contributed by atoms with E-state index in [1.807, 2.05) is 74.5 Å². The number of carbonyl (C=O) groups is 1. The number of anilines is 1. The third-order valence-corrected chi connectivity index (χ3v) is 5.22. The van der Waals surface area contributed by atoms with E-state index in [-0.39, 0.29) is 11.8 Å². The number of aromatic nitrogens is 2. The molecule has 1 amide bonds. The molecule has 0 fully saturated rings. The fourth-order valence-corrected chi connectivity index (χ4v) is 3.41. The van der Waals surface area contributed by atoms with Crippen LogP contribution in [0.5, 0.6) is 0 Å². The summed E-state index contributed by atoms with van der Waals surface area (Å²) in [6.07, 6.45) is 3.28. The molecule has 154 valence electrons. The highest BCUT2D eigenvalue weighted by Crippen LogP contribution is 2.26. The summed E-state index contributed by atoms with van der Waals surface area (Å²) in [7, 11) is 0. The van der Waals surface area contributed by atoms with Gasteiger partial charge in [0.15, 0.2) is 0 Å². The molecular weight excluding hydrogens is 389 g/mol. The standard InChI is InChI=1S/C26H22FN3O/c1-17-14-22(12-13-28-17)19-6-9-24(10-7-19)30-26(31)18(2)20-4-3-5-21(15-20)23-8-11-25(27)29-16-23/h3-16,18H,1-2H3,(H,30,31). The molecule has 2 heterocycles. The van der Waals surface area contributed by atoms with Gasteiger partial charge in [-0.15, -0.1) is 0 Å². The molecule has 0 spiro atoms. The number of carbonyl (C=O) groups excluding carboxylic acids is 1. The van der Waals surface area contributed by atoms with Gasteiger partial charge in [0.25, 0.3) is 0 Å². The number of hydrogen-bond donors (Lipinski definition) is 1. The van der Waals surface area contributed by atoms with Crippen LogP contribution in [0, 0.1) is 12.9 Å². The third-order valence-electron chi connectivity index (χ3n) is 5.22. The Bertz CT molecular complexity index is 1200. The van der Waals surface area contributed by atoms with Gasteiger partial charge in [0, 0.05) is 29.3 Å². The van der Waals surface area contributed by atoms with Crippen LogP contribution in [0.2, 0.25) is 0 Å². The molecule has 0 radical (unpaired) electrons. The average Bonchev–Trinajstić information content (AvgIpc) is 2.79. The summed E-state index contributed by atoms with van der Waals surface area (Å²) in [5, 5.41) is 2.98. The Morgan fingerprint density at radius 1 is 0.871 bits per heavy atom. The predicted octanol–water partition coefficient (Wildman–Crippen LogP) is 6.00. The van der Waals surface area contributed by atoms with E-state index in [9.17, 15) is 9.18 Å². The molecule has 1 atom stereocenters. The van der Waals surface area contributed by atoms with Gasteiger partial charge in [0.05, 0.1) is 5.92 Å². The van der Waals surface area contributed by atoms with E-state index in [2.05, 4.69) is 15.3 Å². The Balaban J connectivity index is 1.47. The van der Waals surface area contributed by atoms with E-state index in [1.165, 1.54) is 12.3 Å². The van der Waals surface area contributed by atoms with Crippen LogP contribution in [0.4, 0.5) is 10.1 Å². The van der Waals surface area contributed by atoms with Crippen LogP contribution in [-0.4, -0.2) is 15.9 Å². The average molecular weight is 411 g/mol. The van der Waals surface area contributed by atoms with E-state index in [0.717, 1.165) is 39.2 Å². The molecule has 5 heteroatoms. The molecule has 1 unspecified atom stereocenters. The molecule has 0 bridgehead atoms. The highest BCUT2D eigenvalue weighted by atomic mass is 19.1. The molecule has 4 rings (SSSR count). The number of halogens is 1. The van der Waals surface area contributed by atoms with Crippen LogP contribution >= 0.6 is 0 Å². The Labute approximate surface area is 180 Å². The largest absolute Gasteiger partial charge is 0.326 e. The summed E-state index contributed by atoms with van der Waals surface area (Å²) < 4.78 is 13.1. The smallest absolute Gasteiger partial charge is 0.231 e. The zero-order valence-electron chi connectivity index (χ0n) is 17.3. The monoisotopic (exact) mass is 411 g/mol. The van der Waals surface area contributed by atoms with Crippen molar-refractivity contribution in [3.8, 4) is 22.3 Å². The van der Waals surface area contributed by atoms with Crippen molar-refractivity contribution < 1.29 is 9.18 Å². The molecule has 0 saturated carbocycles. The van der Waals surface area contributed by atoms with Gasteiger partial charge in [0.1, 0.15) is 0 Å². The van der Waals surface area contributed by atoms with Crippen molar-refractivity contribution in [2.45, 2.75) is 19.8 Å². The van der Waals surface area contributed by atoms with Crippen LogP contribution in [0.1, 0.15) is 24.1 Å². The zero-order valence-corrected chi connectivity index (χ0v) is 17.3. The van der Waals surface area contributed by atoms with E-state index >= 15 is 0 Å². The van der Waals surface area contributed by atoms with Crippen LogP contribution in [-0.2, 0) is 4.79 Å². The first-order valence-electron chi connectivity index (χ1n) is 10.1. The van der Waals surface area contributed by atoms with Gasteiger partial charge in [-0.05, 0) is 72.5 Å². The molecule has 1 N–H and O–H groups in total. The highest BCUT2D eigenvalue weighted by Gasteiger charge is 2.16. The minimum atomic E-state index is -0.516. The van der Waals surface area contributed by atoms with E-state index in [4.69, 9.17) is 0 Å². The van der Waals surface area contributed by atoms with E-state index in [0.29, 0.717) is 0 Å². The van der Waals surface area contributed by atoms with E-state index in [1.54, 1.807) is 12.3 Å². The number of nitrogens with zero attached hydrogens (tertiary/aromatic N) is 2. The minimum absolute atomic E-state index is 0.0955. The van der Waals surface area contributed by atoms with Gasteiger partial charge in [-0.3, -0.25) is 9.78 Å². The second-order valence-corrected chi connectivity index (χ2v) is 7.47. The van der Waals surface area contributed by atoms with E-state index < -0.39 is 5.95 Å². The van der Waals surface area contributed by atoms with Crippen LogP contribution in [0.25, 0.3) is 22.3 Å². The summed E-state index contributed by atoms with van der Waals surface area (Å²) in [4.78, 5) is 20.8. The fraction of sp³-hybridized carbons (Fsp3) is 0.115. The van der Waals surface area contributed by atoms with Gasteiger partial charge in [-0.1, -0.05) is 36.4 Å². The first-order chi connectivity index (χ1) is 15.0. The molecule has 2 aromatic carbocycles. The van der Waals surface area contributed by atoms with Crippen molar-refractivity contribution in [1.82, 2.24) is 9.97 Å². The van der Waals surface area contributed by atoms with Crippen molar-refractivity contribution in [2.75, 3.05) is 5.32 Å². The van der Waals surface area contributed by atoms with Gasteiger partial charge in [0.2, 0.25) is 11.9 Å². The quantitative estimate of drug-likeness (QED) is 0.410. The number of pyridine rings is 2. The minimum Gasteiger partial charge on any atom is -0.326 e. The maximum absolute atomic E-state index is 13.1. The Morgan fingerprint density at radius 2 is 1.61 bits per heavy atom. The predicted molar refractivity (Wildman–Crippen MR) is 121 cm³/mol. The molecular formula is C26H22FN3O. The van der Waals surface area contributed by atoms with Crippen LogP contribution in [0.3, 0.4) is 0 Å². The van der Waals surface area contributed by atoms with Gasteiger partial charge < -0.3 is 5.32 Å². The summed E-state index contributed by atoms with van der Waals surface area (Å²) in [6.45, 7) is 3.83. The maximum atomic E-state index is 13.1. The van der Waals surface area contributed by atoms with Crippen molar-refractivity contribution in [1.29, 1.82) is 0 Å². The number of hydrogen-bond acceptors (Lipinski definition) is 3. The summed E-state index contributed by atoms with van der Waals surface area (Å²) >= 11 is 0. The zero-order chi connectivity index (χ0) is 21.8. The molecule has 0 aliphatic rings. The van der Waals surface area contributed by atoms with Gasteiger partial charge >= 0.3 is 0 Å². The second-order valence-electron chi connectivity index (χ2n) is 7.47. The third kappa shape index (κ3) is 4.83. The Morgan fingerprint density at radius 3 is 2.32 bits per heavy atom. The highest BCUT2D eigenvalue weighted by molar-refractivity contribution is 5.96. The SMILES string of the molecule is Cc1cc(-c2ccc(NC(=O)C(C)c3cccc(-c4ccc(F)nc4)c3)cc2)ccn1.